The van der Waals surface area contributed by atoms with Gasteiger partial charge in [0.2, 0.25) is 5.69 Å². The maximum Gasteiger partial charge on any atom is 0.210 e. The fourth-order valence-electron chi connectivity index (χ4n) is 19.0. The first kappa shape index (κ1) is 91.0. The molecule has 0 N–H and O–H groups in total. The maximum atomic E-state index is 6.11. The van der Waals surface area contributed by atoms with E-state index in [0.717, 1.165) is 144 Å². The van der Waals surface area contributed by atoms with Crippen molar-refractivity contribution in [3.05, 3.63) is 514 Å². The third-order valence-electron chi connectivity index (χ3n) is 27.2. The molecule has 688 valence electrons. The molecule has 8 heteroatoms. The second-order valence-corrected chi connectivity index (χ2v) is 36.8. The van der Waals surface area contributed by atoms with Gasteiger partial charge in [0.05, 0.1) is 26.4 Å². The number of para-hydroxylation sites is 3. The molecule has 141 heavy (non-hydrogen) atoms. The van der Waals surface area contributed by atoms with Gasteiger partial charge in [-0.3, -0.25) is 0 Å². The number of nitrogens with zero attached hydrogens (tertiary/aromatic N) is 4. The molecular formula is C133H113N4O4+. The number of rotatable bonds is 39. The number of pyridine rings is 1. The zero-order valence-electron chi connectivity index (χ0n) is 79.5. The lowest BCUT2D eigenvalue weighted by atomic mass is 9.90. The average molecular weight is 1830 g/mol. The van der Waals surface area contributed by atoms with E-state index in [0.29, 0.717) is 51.5 Å². The van der Waals surface area contributed by atoms with E-state index in [9.17, 15) is 0 Å². The van der Waals surface area contributed by atoms with Gasteiger partial charge in [0.15, 0.2) is 12.4 Å². The van der Waals surface area contributed by atoms with Crippen molar-refractivity contribution in [1.82, 2.24) is 0 Å². The highest BCUT2D eigenvalue weighted by Gasteiger charge is 2.33. The topological polar surface area (TPSA) is 50.5 Å². The van der Waals surface area contributed by atoms with Gasteiger partial charge in [0.1, 0.15) is 11.5 Å². The fraction of sp³-hybridized carbons (Fsp3) is 0.120. The van der Waals surface area contributed by atoms with Crippen LogP contribution in [0.4, 0.5) is 51.2 Å². The van der Waals surface area contributed by atoms with Crippen LogP contribution < -0.4 is 28.7 Å². The second kappa shape index (κ2) is 43.5. The Hall–Kier alpha value is -16.5. The lowest BCUT2D eigenvalue weighted by Gasteiger charge is -2.28. The van der Waals surface area contributed by atoms with E-state index in [-0.39, 0.29) is 0 Å². The molecule has 0 amide bonds. The molecule has 1 heterocycles. The van der Waals surface area contributed by atoms with E-state index in [1.165, 1.54) is 109 Å². The number of hydrogen-bond acceptors (Lipinski definition) is 7. The summed E-state index contributed by atoms with van der Waals surface area (Å²) in [6.45, 7) is 11.5. The van der Waals surface area contributed by atoms with Crippen molar-refractivity contribution in [3.8, 4) is 117 Å². The minimum Gasteiger partial charge on any atom is -0.494 e. The van der Waals surface area contributed by atoms with Crippen LogP contribution >= 0.6 is 0 Å². The Balaban J connectivity index is 0.456. The van der Waals surface area contributed by atoms with Crippen LogP contribution in [0.3, 0.4) is 0 Å². The molecule has 0 saturated heterocycles. The zero-order chi connectivity index (χ0) is 94.8. The van der Waals surface area contributed by atoms with Crippen LogP contribution in [0.1, 0.15) is 96.6 Å². The molecule has 2 aliphatic carbocycles. The molecule has 0 atom stereocenters. The third kappa shape index (κ3) is 22.1. The Morgan fingerprint density at radius 3 is 0.801 bits per heavy atom. The molecule has 19 aromatic rings. The molecule has 0 unspecified atom stereocenters. The number of aromatic nitrogens is 1. The molecule has 0 radical (unpaired) electrons. The first-order valence-corrected chi connectivity index (χ1v) is 49.6. The van der Waals surface area contributed by atoms with Crippen molar-refractivity contribution in [2.45, 2.75) is 76.4 Å². The molecule has 21 rings (SSSR count). The number of hydrogen-bond donors (Lipinski definition) is 0. The van der Waals surface area contributed by atoms with Crippen LogP contribution in [0.5, 0.6) is 11.5 Å². The summed E-state index contributed by atoms with van der Waals surface area (Å²) in [5, 5.41) is 0. The number of anilines is 9. The van der Waals surface area contributed by atoms with Gasteiger partial charge in [0.25, 0.3) is 0 Å². The zero-order valence-corrected chi connectivity index (χ0v) is 79.5. The van der Waals surface area contributed by atoms with E-state index in [1.807, 2.05) is 60.7 Å². The van der Waals surface area contributed by atoms with Gasteiger partial charge in [-0.25, -0.2) is 0 Å². The lowest BCUT2D eigenvalue weighted by Crippen LogP contribution is -2.30. The minimum atomic E-state index is 0.503. The summed E-state index contributed by atoms with van der Waals surface area (Å²) in [4.78, 5) is 7.17. The smallest absolute Gasteiger partial charge is 0.210 e. The summed E-state index contributed by atoms with van der Waals surface area (Å²) >= 11 is 0. The van der Waals surface area contributed by atoms with Crippen molar-refractivity contribution >= 4 is 63.3 Å². The van der Waals surface area contributed by atoms with Crippen LogP contribution in [-0.2, 0) is 22.7 Å². The monoisotopic (exact) mass is 1830 g/mol. The number of unbranched alkanes of at least 4 members (excludes halogenated alkanes) is 2. The molecule has 1 aromatic heterocycles. The summed E-state index contributed by atoms with van der Waals surface area (Å²) in [5.74, 6) is 2.77. The highest BCUT2D eigenvalue weighted by atomic mass is 16.5. The van der Waals surface area contributed by atoms with Crippen LogP contribution in [0, 0.1) is 0 Å². The SMILES string of the molecule is C=Cc1ccc(OCCCCOCc2ccc(-c3cc(-c4ccccc4)c[n+](-c4ccc(-c5ccc(-c6ccc(-c7ccc(N(c8ccccc8)c8ccc(-c9ccc(N(c%10ccccc%10)c%10ccc(-c%11ccc(-c%12ccc(-c%13ccc(N(c%14ccccc%14)c%14ccc(COCCCCOc%15ccc(C=C)cc%15)cc%14)cc%13)cc%12)cc%11)cc%10)cc9C9CC9)c(C9CC9)c8)cc7)cc6)cc5)cc4)c3)cc2)cc1. The first-order chi connectivity index (χ1) is 69.7. The highest BCUT2D eigenvalue weighted by molar-refractivity contribution is 5.88. The van der Waals surface area contributed by atoms with Crippen LogP contribution in [-0.4, -0.2) is 26.4 Å². The molecule has 0 bridgehead atoms. The van der Waals surface area contributed by atoms with Crippen LogP contribution in [0.15, 0.2) is 481 Å². The summed E-state index contributed by atoms with van der Waals surface area (Å²) in [5.41, 5.74) is 39.9. The molecule has 2 fully saturated rings. The predicted molar refractivity (Wildman–Crippen MR) is 587 cm³/mol. The summed E-state index contributed by atoms with van der Waals surface area (Å²) in [6, 6.07) is 165. The van der Waals surface area contributed by atoms with Crippen molar-refractivity contribution in [3.63, 3.8) is 0 Å². The Bertz CT molecular complexity index is 7390. The Labute approximate surface area is 830 Å². The van der Waals surface area contributed by atoms with E-state index >= 15 is 0 Å². The summed E-state index contributed by atoms with van der Waals surface area (Å²) in [6.07, 6.45) is 16.6. The van der Waals surface area contributed by atoms with Crippen LogP contribution in [0.25, 0.3) is 118 Å². The third-order valence-corrected chi connectivity index (χ3v) is 27.2. The molecule has 8 nitrogen and oxygen atoms in total. The van der Waals surface area contributed by atoms with Crippen molar-refractivity contribution in [1.29, 1.82) is 0 Å². The fourth-order valence-corrected chi connectivity index (χ4v) is 19.0. The lowest BCUT2D eigenvalue weighted by molar-refractivity contribution is -0.594. The molecule has 18 aromatic carbocycles. The van der Waals surface area contributed by atoms with Gasteiger partial charge in [-0.1, -0.05) is 316 Å². The Kier molecular flexibility index (Phi) is 28.0. The van der Waals surface area contributed by atoms with Gasteiger partial charge in [-0.2, -0.15) is 4.57 Å². The summed E-state index contributed by atoms with van der Waals surface area (Å²) in [7, 11) is 0. The molecule has 2 aliphatic rings. The minimum absolute atomic E-state index is 0.503. The highest BCUT2D eigenvalue weighted by Crippen LogP contribution is 2.53. The second-order valence-electron chi connectivity index (χ2n) is 36.8. The van der Waals surface area contributed by atoms with Crippen molar-refractivity contribution in [2.75, 3.05) is 41.1 Å². The quantitative estimate of drug-likeness (QED) is 0.0281. The van der Waals surface area contributed by atoms with E-state index in [1.54, 1.807) is 0 Å². The van der Waals surface area contributed by atoms with E-state index < -0.39 is 0 Å². The molecular weight excluding hydrogens is 1720 g/mol. The van der Waals surface area contributed by atoms with E-state index in [2.05, 4.69) is 451 Å². The number of ether oxygens (including phenoxy) is 4. The molecule has 0 spiro atoms. The predicted octanol–water partition coefficient (Wildman–Crippen LogP) is 35.2. The summed E-state index contributed by atoms with van der Waals surface area (Å²) < 4.78 is 26.3. The Morgan fingerprint density at radius 2 is 0.482 bits per heavy atom. The number of benzene rings is 18. The molecule has 2 saturated carbocycles. The standard InChI is InChI=1S/C133H113N4O4/c1-3-96-33-79-128(80-34-96)140-87-19-17-85-138-94-98-29-37-113(38-30-98)117-89-116(100-21-9-5-10-22-100)92-134(93-117)118-69-59-109(60-70-118)105-47-39-101(40-48-105)102-43-51-107(52-44-102)111-63-73-124(74-64-111)136(120-25-13-7-14-26-120)126-77-83-130(132(90-126)114-55-56-114)131-84-78-127(91-133(131)115-57-58-115)137(121-27-15-8-16-28-121)125-75-65-112(66-76-125)108-53-45-104(46-54-108)103-41-49-106(50-42-103)110-61-71-123(72-62-110)135(119-23-11-6-12-24-119)122-67-31-99(32-68-122)95-139-86-18-20-88-141-129-81-35-97(4-2)36-82-129/h3-16,21-54,59-84,89-93,114-115H,1-2,17-20,55-58,85-88,94-95H2/q+1. The van der Waals surface area contributed by atoms with Crippen molar-refractivity contribution in [2.24, 2.45) is 0 Å². The van der Waals surface area contributed by atoms with Gasteiger partial charge in [-0.05, 0) is 337 Å². The first-order valence-electron chi connectivity index (χ1n) is 49.6. The normalized spacial score (nSPS) is 12.2. The Morgan fingerprint density at radius 1 is 0.234 bits per heavy atom. The maximum absolute atomic E-state index is 6.11. The van der Waals surface area contributed by atoms with E-state index in [4.69, 9.17) is 18.9 Å². The van der Waals surface area contributed by atoms with Gasteiger partial charge < -0.3 is 33.6 Å². The average Bonchev–Trinajstić information content (AvgIpc) is 1.62. The largest absolute Gasteiger partial charge is 0.494 e. The van der Waals surface area contributed by atoms with Crippen molar-refractivity contribution < 1.29 is 23.5 Å². The van der Waals surface area contributed by atoms with Gasteiger partial charge in [0, 0.05) is 87.7 Å². The molecule has 0 aliphatic heterocycles. The van der Waals surface area contributed by atoms with Gasteiger partial charge >= 0.3 is 0 Å². The van der Waals surface area contributed by atoms with Gasteiger partial charge in [-0.15, -0.1) is 0 Å². The van der Waals surface area contributed by atoms with Crippen LogP contribution in [0.2, 0.25) is 0 Å².